The molecule has 0 unspecified atom stereocenters. The second kappa shape index (κ2) is 6.90. The third-order valence-corrected chi connectivity index (χ3v) is 4.48. The Hall–Kier alpha value is -3.30. The molecule has 26 heavy (non-hydrogen) atoms. The quantitative estimate of drug-likeness (QED) is 0.637. The van der Waals surface area contributed by atoms with Crippen molar-refractivity contribution in [2.24, 2.45) is 5.92 Å². The minimum Gasteiger partial charge on any atom is -0.343 e. The van der Waals surface area contributed by atoms with Gasteiger partial charge in [0.1, 0.15) is 5.92 Å². The van der Waals surface area contributed by atoms with Crippen LogP contribution in [-0.2, 0) is 4.79 Å². The van der Waals surface area contributed by atoms with Crippen LogP contribution in [0.25, 0.3) is 0 Å². The van der Waals surface area contributed by atoms with Crippen molar-refractivity contribution in [3.63, 3.8) is 0 Å². The van der Waals surface area contributed by atoms with Gasteiger partial charge in [0.2, 0.25) is 11.9 Å². The van der Waals surface area contributed by atoms with E-state index >= 15 is 0 Å². The second-order valence-corrected chi connectivity index (χ2v) is 5.88. The summed E-state index contributed by atoms with van der Waals surface area (Å²) in [6.45, 7) is 8.86. The number of nitrogens with one attached hydrogen (secondary N) is 1. The SMILES string of the molecule is C=C1Nc2nnnn2[C@H](c2cccc([N+](=O)[O-])c2)[C@@H]1C(=O)N(CC)CC. The van der Waals surface area contributed by atoms with Crippen molar-refractivity contribution in [1.82, 2.24) is 25.1 Å². The Morgan fingerprint density at radius 1 is 1.42 bits per heavy atom. The summed E-state index contributed by atoms with van der Waals surface area (Å²) in [4.78, 5) is 25.5. The smallest absolute Gasteiger partial charge is 0.269 e. The lowest BCUT2D eigenvalue weighted by molar-refractivity contribution is -0.384. The van der Waals surface area contributed by atoms with Crippen LogP contribution in [0.15, 0.2) is 36.5 Å². The summed E-state index contributed by atoms with van der Waals surface area (Å²) < 4.78 is 1.47. The Kier molecular flexibility index (Phi) is 4.65. The number of nitrogens with zero attached hydrogens (tertiary/aromatic N) is 6. The molecular weight excluding hydrogens is 338 g/mol. The number of amides is 1. The zero-order valence-corrected chi connectivity index (χ0v) is 14.5. The summed E-state index contributed by atoms with van der Waals surface area (Å²) >= 11 is 0. The maximum Gasteiger partial charge on any atom is 0.269 e. The monoisotopic (exact) mass is 357 g/mol. The normalized spacial score (nSPS) is 18.8. The van der Waals surface area contributed by atoms with E-state index in [4.69, 9.17) is 0 Å². The molecule has 10 nitrogen and oxygen atoms in total. The Morgan fingerprint density at radius 2 is 2.15 bits per heavy atom. The Balaban J connectivity index is 2.13. The zero-order chi connectivity index (χ0) is 18.8. The second-order valence-electron chi connectivity index (χ2n) is 5.88. The van der Waals surface area contributed by atoms with Crippen molar-refractivity contribution in [2.45, 2.75) is 19.9 Å². The highest BCUT2D eigenvalue weighted by Gasteiger charge is 2.41. The van der Waals surface area contributed by atoms with E-state index in [9.17, 15) is 14.9 Å². The molecule has 2 heterocycles. The Bertz CT molecular complexity index is 859. The molecule has 136 valence electrons. The summed E-state index contributed by atoms with van der Waals surface area (Å²) in [5.41, 5.74) is 0.969. The number of nitro benzene ring substituents is 1. The van der Waals surface area contributed by atoms with Crippen molar-refractivity contribution >= 4 is 17.5 Å². The molecule has 2 aromatic rings. The first-order valence-corrected chi connectivity index (χ1v) is 8.24. The molecule has 0 spiro atoms. The summed E-state index contributed by atoms with van der Waals surface area (Å²) in [5.74, 6) is -0.479. The van der Waals surface area contributed by atoms with E-state index in [1.54, 1.807) is 17.0 Å². The number of benzene rings is 1. The first-order chi connectivity index (χ1) is 12.5. The Labute approximate surface area is 149 Å². The Morgan fingerprint density at radius 3 is 2.81 bits per heavy atom. The van der Waals surface area contributed by atoms with Crippen molar-refractivity contribution in [3.8, 4) is 0 Å². The van der Waals surface area contributed by atoms with Gasteiger partial charge in [0.25, 0.3) is 5.69 Å². The highest BCUT2D eigenvalue weighted by atomic mass is 16.6. The molecule has 0 fully saturated rings. The van der Waals surface area contributed by atoms with Gasteiger partial charge < -0.3 is 10.2 Å². The molecular formula is C16H19N7O3. The van der Waals surface area contributed by atoms with Gasteiger partial charge in [-0.05, 0) is 29.8 Å². The van der Waals surface area contributed by atoms with Crippen LogP contribution in [0.4, 0.5) is 11.6 Å². The third kappa shape index (κ3) is 2.89. The molecule has 3 rings (SSSR count). The molecule has 1 aliphatic rings. The average Bonchev–Trinajstić information content (AvgIpc) is 3.09. The highest BCUT2D eigenvalue weighted by molar-refractivity contribution is 5.84. The van der Waals surface area contributed by atoms with E-state index in [-0.39, 0.29) is 11.6 Å². The third-order valence-electron chi connectivity index (χ3n) is 4.48. The minimum absolute atomic E-state index is 0.0599. The fourth-order valence-electron chi connectivity index (χ4n) is 3.19. The van der Waals surface area contributed by atoms with Crippen LogP contribution in [0.5, 0.6) is 0 Å². The van der Waals surface area contributed by atoms with Crippen molar-refractivity contribution in [1.29, 1.82) is 0 Å². The molecule has 1 aromatic carbocycles. The number of tetrazole rings is 1. The molecule has 10 heteroatoms. The van der Waals surface area contributed by atoms with Gasteiger partial charge in [0.15, 0.2) is 0 Å². The van der Waals surface area contributed by atoms with E-state index in [2.05, 4.69) is 27.4 Å². The van der Waals surface area contributed by atoms with Crippen molar-refractivity contribution in [2.75, 3.05) is 18.4 Å². The van der Waals surface area contributed by atoms with Gasteiger partial charge in [0.05, 0.1) is 11.0 Å². The molecule has 1 aliphatic heterocycles. The lowest BCUT2D eigenvalue weighted by atomic mass is 9.87. The molecule has 0 saturated heterocycles. The van der Waals surface area contributed by atoms with Gasteiger partial charge in [-0.3, -0.25) is 14.9 Å². The van der Waals surface area contributed by atoms with Crippen LogP contribution >= 0.6 is 0 Å². The molecule has 0 aliphatic carbocycles. The van der Waals surface area contributed by atoms with E-state index in [1.165, 1.54) is 16.8 Å². The lowest BCUT2D eigenvalue weighted by Gasteiger charge is -2.35. The first-order valence-electron chi connectivity index (χ1n) is 8.24. The van der Waals surface area contributed by atoms with Gasteiger partial charge in [-0.2, -0.15) is 0 Å². The number of carbonyl (C=O) groups is 1. The molecule has 0 radical (unpaired) electrons. The summed E-state index contributed by atoms with van der Waals surface area (Å²) in [6, 6.07) is 5.53. The molecule has 1 amide bonds. The van der Waals surface area contributed by atoms with Gasteiger partial charge in [0, 0.05) is 30.9 Å². The van der Waals surface area contributed by atoms with Crippen LogP contribution in [0.1, 0.15) is 25.5 Å². The van der Waals surface area contributed by atoms with Crippen LogP contribution in [-0.4, -0.2) is 49.0 Å². The first kappa shape index (κ1) is 17.5. The van der Waals surface area contributed by atoms with E-state index < -0.39 is 16.9 Å². The van der Waals surface area contributed by atoms with Crippen LogP contribution in [0.2, 0.25) is 0 Å². The fourth-order valence-corrected chi connectivity index (χ4v) is 3.19. The standard InChI is InChI=1S/C16H19N7O3/c1-4-21(5-2)15(24)13-10(3)17-16-18-19-20-22(16)14(13)11-7-6-8-12(9-11)23(25)26/h6-9,13-14H,3-5H2,1-2H3,(H,17,18,20)/t13-,14-/m1/s1. The number of non-ortho nitro benzene ring substituents is 1. The maximum atomic E-state index is 13.1. The summed E-state index contributed by atoms with van der Waals surface area (Å²) in [6.07, 6.45) is 0. The van der Waals surface area contributed by atoms with Crippen molar-refractivity contribution in [3.05, 3.63) is 52.2 Å². The number of fused-ring (bicyclic) bond motifs is 1. The number of anilines is 1. The van der Waals surface area contributed by atoms with Gasteiger partial charge in [-0.15, -0.1) is 0 Å². The van der Waals surface area contributed by atoms with Crippen molar-refractivity contribution < 1.29 is 9.72 Å². The van der Waals surface area contributed by atoms with Crippen LogP contribution in [0.3, 0.4) is 0 Å². The predicted molar refractivity (Wildman–Crippen MR) is 93.2 cm³/mol. The summed E-state index contributed by atoms with van der Waals surface area (Å²) in [7, 11) is 0. The largest absolute Gasteiger partial charge is 0.343 e. The van der Waals surface area contributed by atoms with E-state index in [0.717, 1.165) is 0 Å². The molecule has 0 saturated carbocycles. The lowest BCUT2D eigenvalue weighted by Crippen LogP contribution is -2.44. The number of carbonyl (C=O) groups excluding carboxylic acids is 1. The van der Waals surface area contributed by atoms with E-state index in [1.807, 2.05) is 13.8 Å². The number of rotatable bonds is 5. The molecule has 2 atom stereocenters. The number of hydrogen-bond acceptors (Lipinski definition) is 7. The maximum absolute atomic E-state index is 13.1. The van der Waals surface area contributed by atoms with Crippen LogP contribution in [0, 0.1) is 16.0 Å². The zero-order valence-electron chi connectivity index (χ0n) is 14.5. The van der Waals surface area contributed by atoms with Gasteiger partial charge in [-0.1, -0.05) is 23.8 Å². The fraction of sp³-hybridized carbons (Fsp3) is 0.375. The number of hydrogen-bond donors (Lipinski definition) is 1. The molecule has 1 aromatic heterocycles. The minimum atomic E-state index is -0.687. The summed E-state index contributed by atoms with van der Waals surface area (Å²) in [5, 5.41) is 25.6. The topological polar surface area (TPSA) is 119 Å². The van der Waals surface area contributed by atoms with E-state index in [0.29, 0.717) is 30.3 Å². The van der Waals surface area contributed by atoms with Gasteiger partial charge in [-0.25, -0.2) is 4.68 Å². The predicted octanol–water partition coefficient (Wildman–Crippen LogP) is 1.59. The number of aromatic nitrogens is 4. The number of nitro groups is 1. The van der Waals surface area contributed by atoms with Gasteiger partial charge >= 0.3 is 0 Å². The molecule has 0 bridgehead atoms. The average molecular weight is 357 g/mol. The molecule has 1 N–H and O–H groups in total. The highest BCUT2D eigenvalue weighted by Crippen LogP contribution is 2.38. The van der Waals surface area contributed by atoms with Crippen LogP contribution < -0.4 is 5.32 Å².